The van der Waals surface area contributed by atoms with E-state index in [2.05, 4.69) is 10.1 Å². The molecule has 0 bridgehead atoms. The fourth-order valence-electron chi connectivity index (χ4n) is 1.49. The third kappa shape index (κ3) is 9.28. The van der Waals surface area contributed by atoms with Gasteiger partial charge in [-0.05, 0) is 19.1 Å². The molecule has 0 aliphatic carbocycles. The Kier molecular flexibility index (Phi) is 7.49. The number of halogens is 3. The molecular formula is C14H20F3NO3. The van der Waals surface area contributed by atoms with Crippen LogP contribution in [0.4, 0.5) is 13.2 Å². The van der Waals surface area contributed by atoms with Gasteiger partial charge in [0.1, 0.15) is 25.1 Å². The van der Waals surface area contributed by atoms with E-state index in [9.17, 15) is 18.3 Å². The maximum absolute atomic E-state index is 11.8. The first-order chi connectivity index (χ1) is 9.87. The van der Waals surface area contributed by atoms with E-state index in [1.165, 1.54) is 0 Å². The topological polar surface area (TPSA) is 50.7 Å². The van der Waals surface area contributed by atoms with Gasteiger partial charge in [0.15, 0.2) is 0 Å². The van der Waals surface area contributed by atoms with E-state index in [4.69, 9.17) is 4.74 Å². The number of nitrogens with one attached hydrogen (secondary N) is 1. The van der Waals surface area contributed by atoms with Crippen LogP contribution in [0.2, 0.25) is 0 Å². The number of ether oxygens (including phenoxy) is 2. The second kappa shape index (κ2) is 8.86. The van der Waals surface area contributed by atoms with E-state index in [1.54, 1.807) is 12.1 Å². The first kappa shape index (κ1) is 17.7. The van der Waals surface area contributed by atoms with E-state index >= 15 is 0 Å². The van der Waals surface area contributed by atoms with E-state index in [-0.39, 0.29) is 26.3 Å². The molecule has 1 aromatic carbocycles. The molecule has 1 rings (SSSR count). The Morgan fingerprint density at radius 2 is 1.90 bits per heavy atom. The molecular weight excluding hydrogens is 287 g/mol. The summed E-state index contributed by atoms with van der Waals surface area (Å²) in [7, 11) is 0. The van der Waals surface area contributed by atoms with Gasteiger partial charge in [-0.3, -0.25) is 0 Å². The van der Waals surface area contributed by atoms with E-state index in [0.717, 1.165) is 5.56 Å². The van der Waals surface area contributed by atoms with Crippen molar-refractivity contribution in [3.63, 3.8) is 0 Å². The highest BCUT2D eigenvalue weighted by atomic mass is 19.4. The van der Waals surface area contributed by atoms with Crippen LogP contribution >= 0.6 is 0 Å². The summed E-state index contributed by atoms with van der Waals surface area (Å²) in [5, 5.41) is 12.4. The first-order valence-corrected chi connectivity index (χ1v) is 6.59. The Hall–Kier alpha value is -1.31. The zero-order chi connectivity index (χ0) is 15.7. The van der Waals surface area contributed by atoms with Crippen LogP contribution in [0, 0.1) is 6.92 Å². The molecule has 0 aliphatic heterocycles. The van der Waals surface area contributed by atoms with Crippen molar-refractivity contribution in [3.05, 3.63) is 29.8 Å². The maximum Gasteiger partial charge on any atom is 0.411 e. The second-order valence-corrected chi connectivity index (χ2v) is 4.65. The van der Waals surface area contributed by atoms with Crippen LogP contribution in [0.25, 0.3) is 0 Å². The molecule has 0 saturated carbocycles. The summed E-state index contributed by atoms with van der Waals surface area (Å²) in [5.41, 5.74) is 1.11. The normalized spacial score (nSPS) is 13.2. The molecule has 0 heterocycles. The van der Waals surface area contributed by atoms with Gasteiger partial charge in [0.25, 0.3) is 0 Å². The second-order valence-electron chi connectivity index (χ2n) is 4.65. The summed E-state index contributed by atoms with van der Waals surface area (Å²) in [4.78, 5) is 0. The summed E-state index contributed by atoms with van der Waals surface area (Å²) in [6.07, 6.45) is -5.05. The molecule has 0 saturated heterocycles. The van der Waals surface area contributed by atoms with E-state index in [1.807, 2.05) is 19.1 Å². The molecule has 120 valence electrons. The quantitative estimate of drug-likeness (QED) is 0.684. The van der Waals surface area contributed by atoms with E-state index < -0.39 is 18.9 Å². The standard InChI is InChI=1S/C14H20F3NO3/c1-11-2-4-13(5-3-11)21-9-12(19)8-18-6-7-20-10-14(15,16)17/h2-5,12,18-19H,6-10H2,1H3. The van der Waals surface area contributed by atoms with Crippen molar-refractivity contribution in [1.29, 1.82) is 0 Å². The largest absolute Gasteiger partial charge is 0.491 e. The van der Waals surface area contributed by atoms with Crippen molar-refractivity contribution in [2.45, 2.75) is 19.2 Å². The average Bonchev–Trinajstić information content (AvgIpc) is 2.41. The molecule has 0 aromatic heterocycles. The van der Waals surface area contributed by atoms with Gasteiger partial charge in [-0.15, -0.1) is 0 Å². The maximum atomic E-state index is 11.8. The summed E-state index contributed by atoms with van der Waals surface area (Å²) in [6, 6.07) is 7.41. The van der Waals surface area contributed by atoms with Crippen molar-refractivity contribution in [2.75, 3.05) is 32.9 Å². The number of benzene rings is 1. The summed E-state index contributed by atoms with van der Waals surface area (Å²) in [5.74, 6) is 0.660. The van der Waals surface area contributed by atoms with Crippen LogP contribution in [0.1, 0.15) is 5.56 Å². The third-order valence-electron chi connectivity index (χ3n) is 2.53. The van der Waals surface area contributed by atoms with Crippen molar-refractivity contribution < 1.29 is 27.8 Å². The third-order valence-corrected chi connectivity index (χ3v) is 2.53. The predicted octanol–water partition coefficient (Wildman–Crippen LogP) is 1.90. The monoisotopic (exact) mass is 307 g/mol. The minimum Gasteiger partial charge on any atom is -0.491 e. The molecule has 2 N–H and O–H groups in total. The van der Waals surface area contributed by atoms with Crippen LogP contribution < -0.4 is 10.1 Å². The fourth-order valence-corrected chi connectivity index (χ4v) is 1.49. The Labute approximate surface area is 121 Å². The Balaban J connectivity index is 2.03. The first-order valence-electron chi connectivity index (χ1n) is 6.59. The van der Waals surface area contributed by atoms with Gasteiger partial charge in [-0.2, -0.15) is 13.2 Å². The molecule has 0 radical (unpaired) electrons. The van der Waals surface area contributed by atoms with Crippen LogP contribution in [0.3, 0.4) is 0 Å². The van der Waals surface area contributed by atoms with E-state index in [0.29, 0.717) is 5.75 Å². The van der Waals surface area contributed by atoms with Gasteiger partial charge in [-0.1, -0.05) is 17.7 Å². The molecule has 0 fully saturated rings. The zero-order valence-corrected chi connectivity index (χ0v) is 11.8. The molecule has 0 amide bonds. The van der Waals surface area contributed by atoms with Crippen LogP contribution in [-0.2, 0) is 4.74 Å². The fraction of sp³-hybridized carbons (Fsp3) is 0.571. The lowest BCUT2D eigenvalue weighted by atomic mass is 10.2. The Morgan fingerprint density at radius 1 is 1.24 bits per heavy atom. The summed E-state index contributed by atoms with van der Waals surface area (Å²) in [6.45, 7) is 1.21. The van der Waals surface area contributed by atoms with Crippen LogP contribution in [0.15, 0.2) is 24.3 Å². The summed E-state index contributed by atoms with van der Waals surface area (Å²) >= 11 is 0. The Bertz CT molecular complexity index is 395. The molecule has 0 spiro atoms. The molecule has 4 nitrogen and oxygen atoms in total. The molecule has 1 unspecified atom stereocenters. The zero-order valence-electron chi connectivity index (χ0n) is 11.8. The van der Waals surface area contributed by atoms with Gasteiger partial charge in [0, 0.05) is 13.1 Å². The highest BCUT2D eigenvalue weighted by Gasteiger charge is 2.27. The van der Waals surface area contributed by atoms with Crippen molar-refractivity contribution in [3.8, 4) is 5.75 Å². The molecule has 1 aromatic rings. The smallest absolute Gasteiger partial charge is 0.411 e. The number of hydrogen-bond donors (Lipinski definition) is 2. The highest BCUT2D eigenvalue weighted by Crippen LogP contribution is 2.14. The SMILES string of the molecule is Cc1ccc(OCC(O)CNCCOCC(F)(F)F)cc1. The average molecular weight is 307 g/mol. The van der Waals surface area contributed by atoms with Crippen molar-refractivity contribution in [2.24, 2.45) is 0 Å². The summed E-state index contributed by atoms with van der Waals surface area (Å²) < 4.78 is 45.1. The number of hydrogen-bond acceptors (Lipinski definition) is 4. The number of alkyl halides is 3. The molecule has 21 heavy (non-hydrogen) atoms. The molecule has 1 atom stereocenters. The van der Waals surface area contributed by atoms with Crippen LogP contribution in [0.5, 0.6) is 5.75 Å². The van der Waals surface area contributed by atoms with Gasteiger partial charge in [0.05, 0.1) is 6.61 Å². The number of aliphatic hydroxyl groups is 1. The lowest BCUT2D eigenvalue weighted by Crippen LogP contribution is -2.33. The number of rotatable bonds is 9. The van der Waals surface area contributed by atoms with Crippen molar-refractivity contribution >= 4 is 0 Å². The molecule has 7 heteroatoms. The number of aryl methyl sites for hydroxylation is 1. The van der Waals surface area contributed by atoms with Gasteiger partial charge in [-0.25, -0.2) is 0 Å². The Morgan fingerprint density at radius 3 is 2.52 bits per heavy atom. The number of aliphatic hydroxyl groups excluding tert-OH is 1. The lowest BCUT2D eigenvalue weighted by molar-refractivity contribution is -0.173. The minimum atomic E-state index is -4.30. The van der Waals surface area contributed by atoms with Crippen LogP contribution in [-0.4, -0.2) is 50.3 Å². The minimum absolute atomic E-state index is 0.0644. The lowest BCUT2D eigenvalue weighted by Gasteiger charge is -2.13. The van der Waals surface area contributed by atoms with Gasteiger partial charge in [0.2, 0.25) is 0 Å². The molecule has 0 aliphatic rings. The van der Waals surface area contributed by atoms with Gasteiger partial charge < -0.3 is 19.9 Å². The highest BCUT2D eigenvalue weighted by molar-refractivity contribution is 5.26. The van der Waals surface area contributed by atoms with Crippen molar-refractivity contribution in [1.82, 2.24) is 5.32 Å². The predicted molar refractivity (Wildman–Crippen MR) is 72.4 cm³/mol. The van der Waals surface area contributed by atoms with Gasteiger partial charge >= 0.3 is 6.18 Å².